The maximum atomic E-state index is 12.6. The zero-order chi connectivity index (χ0) is 41.4. The number of hydrogen-bond donors (Lipinski definition) is 3. The predicted molar refractivity (Wildman–Crippen MR) is 226 cm³/mol. The minimum absolute atomic E-state index is 0.0714. The normalized spacial score (nSPS) is 14.6. The van der Waals surface area contributed by atoms with Gasteiger partial charge in [-0.1, -0.05) is 131 Å². The van der Waals surface area contributed by atoms with Gasteiger partial charge in [0.1, 0.15) is 12.6 Å². The number of rotatable bonds is 37. The van der Waals surface area contributed by atoms with Gasteiger partial charge in [-0.2, -0.15) is 0 Å². The number of aliphatic carboxylic acids is 1. The van der Waals surface area contributed by atoms with E-state index in [1.165, 1.54) is 38.5 Å². The Bertz CT molecular complexity index is 1270. The van der Waals surface area contributed by atoms with Crippen LogP contribution in [0.25, 0.3) is 0 Å². The Labute approximate surface area is 337 Å². The van der Waals surface area contributed by atoms with Crippen molar-refractivity contribution in [3.63, 3.8) is 0 Å². The molecule has 0 aromatic carbocycles. The van der Waals surface area contributed by atoms with Crippen LogP contribution in [0.5, 0.6) is 0 Å². The molecule has 0 heterocycles. The summed E-state index contributed by atoms with van der Waals surface area (Å²) in [5, 5.41) is 8.88. The van der Waals surface area contributed by atoms with Crippen molar-refractivity contribution in [2.75, 3.05) is 19.8 Å². The van der Waals surface area contributed by atoms with Crippen molar-refractivity contribution in [3.8, 4) is 0 Å². The molecule has 0 saturated heterocycles. The van der Waals surface area contributed by atoms with Crippen LogP contribution in [-0.4, -0.2) is 59.9 Å². The van der Waals surface area contributed by atoms with Crippen LogP contribution in [0, 0.1) is 0 Å². The standard InChI is InChI=1S/C44H72NO10P/c1-3-5-7-9-11-13-15-17-19-20-22-24-26-28-30-32-34-36-43(47)55-40(38-53-56(50,51)54-39-41(45)44(48)49)37-52-42(46)35-33-31-29-27-25-23-21-18-16-14-12-10-8-6-4-2/h5,7,11,13,17-19,21-22,24-25,27-28,30,40-41H,3-4,6,8-10,12,14-16,20,23,26,29,31-39,45H2,1-2H3,(H,48,49)(H,50,51)/b7-5+,13-11+,19-17+,21-18+,24-22+,27-25+,30-28+/t40-,41+/m1/s1. The van der Waals surface area contributed by atoms with Gasteiger partial charge in [-0.05, 0) is 83.5 Å². The van der Waals surface area contributed by atoms with Gasteiger partial charge in [0.2, 0.25) is 0 Å². The smallest absolute Gasteiger partial charge is 0.472 e. The lowest BCUT2D eigenvalue weighted by atomic mass is 10.1. The lowest BCUT2D eigenvalue weighted by Crippen LogP contribution is -2.34. The second-order valence-corrected chi connectivity index (χ2v) is 14.8. The summed E-state index contributed by atoms with van der Waals surface area (Å²) in [5.41, 5.74) is 5.32. The van der Waals surface area contributed by atoms with Gasteiger partial charge in [0.15, 0.2) is 6.10 Å². The van der Waals surface area contributed by atoms with E-state index in [-0.39, 0.29) is 19.4 Å². The van der Waals surface area contributed by atoms with Crippen LogP contribution < -0.4 is 5.73 Å². The molecule has 56 heavy (non-hydrogen) atoms. The first-order chi connectivity index (χ1) is 27.1. The van der Waals surface area contributed by atoms with Crippen LogP contribution in [0.3, 0.4) is 0 Å². The number of carboxylic acid groups (broad SMARTS) is 1. The van der Waals surface area contributed by atoms with E-state index in [1.807, 2.05) is 12.2 Å². The number of carbonyl (C=O) groups is 3. The number of carbonyl (C=O) groups excluding carboxylic acids is 2. The Kier molecular flexibility index (Phi) is 36.2. The number of ether oxygens (including phenoxy) is 2. The average molecular weight is 806 g/mol. The van der Waals surface area contributed by atoms with E-state index in [1.54, 1.807) is 0 Å². The van der Waals surface area contributed by atoms with Crippen molar-refractivity contribution >= 4 is 25.7 Å². The number of carboxylic acids is 1. The molecule has 3 atom stereocenters. The first-order valence-electron chi connectivity index (χ1n) is 20.6. The molecule has 4 N–H and O–H groups in total. The molecule has 0 aliphatic heterocycles. The molecule has 0 aliphatic rings. The molecule has 0 rings (SSSR count). The summed E-state index contributed by atoms with van der Waals surface area (Å²) in [7, 11) is -4.74. The SMILES string of the molecule is CC/C=C/C/C=C/C/C=C/C/C=C/C/C=C/CCCC(=O)O[C@H](COC(=O)CCCC/C=C/C/C=C/CCCCCCCC)COP(=O)(O)OC[C@H](N)C(=O)O. The van der Waals surface area contributed by atoms with Crippen LogP contribution in [0.2, 0.25) is 0 Å². The van der Waals surface area contributed by atoms with Crippen molar-refractivity contribution in [1.82, 2.24) is 0 Å². The lowest BCUT2D eigenvalue weighted by Gasteiger charge is -2.20. The molecular formula is C44H72NO10P. The van der Waals surface area contributed by atoms with Crippen molar-refractivity contribution in [2.45, 2.75) is 154 Å². The number of phosphoric ester groups is 1. The van der Waals surface area contributed by atoms with Gasteiger partial charge in [0.25, 0.3) is 0 Å². The zero-order valence-electron chi connectivity index (χ0n) is 34.2. The van der Waals surface area contributed by atoms with E-state index in [9.17, 15) is 23.8 Å². The van der Waals surface area contributed by atoms with Gasteiger partial charge in [0.05, 0.1) is 13.2 Å². The quantitative estimate of drug-likeness (QED) is 0.0236. The Morgan fingerprint density at radius 1 is 0.571 bits per heavy atom. The molecule has 0 aromatic heterocycles. The summed E-state index contributed by atoms with van der Waals surface area (Å²) in [6, 6.07) is -1.54. The second kappa shape index (κ2) is 38.5. The fraction of sp³-hybridized carbons (Fsp3) is 0.614. The van der Waals surface area contributed by atoms with E-state index in [2.05, 4.69) is 91.3 Å². The summed E-state index contributed by atoms with van der Waals surface area (Å²) < 4.78 is 32.5. The highest BCUT2D eigenvalue weighted by atomic mass is 31.2. The maximum Gasteiger partial charge on any atom is 0.472 e. The number of esters is 2. The summed E-state index contributed by atoms with van der Waals surface area (Å²) in [6.07, 6.45) is 46.6. The molecule has 0 amide bonds. The van der Waals surface area contributed by atoms with Crippen LogP contribution >= 0.6 is 7.82 Å². The summed E-state index contributed by atoms with van der Waals surface area (Å²) >= 11 is 0. The Hall–Kier alpha value is -3.34. The third-order valence-electron chi connectivity index (χ3n) is 8.13. The average Bonchev–Trinajstić information content (AvgIpc) is 3.17. The molecule has 1 unspecified atom stereocenters. The molecule has 0 aromatic rings. The van der Waals surface area contributed by atoms with Gasteiger partial charge < -0.3 is 25.2 Å². The minimum atomic E-state index is -4.74. The van der Waals surface area contributed by atoms with Gasteiger partial charge in [0, 0.05) is 12.8 Å². The number of phosphoric acid groups is 1. The Morgan fingerprint density at radius 2 is 1.02 bits per heavy atom. The van der Waals surface area contributed by atoms with E-state index in [0.717, 1.165) is 57.8 Å². The monoisotopic (exact) mass is 805 g/mol. The number of hydrogen-bond acceptors (Lipinski definition) is 9. The second-order valence-electron chi connectivity index (χ2n) is 13.4. The van der Waals surface area contributed by atoms with Crippen molar-refractivity contribution in [3.05, 3.63) is 85.1 Å². The lowest BCUT2D eigenvalue weighted by molar-refractivity contribution is -0.161. The predicted octanol–water partition coefficient (Wildman–Crippen LogP) is 10.7. The maximum absolute atomic E-state index is 12.6. The van der Waals surface area contributed by atoms with Gasteiger partial charge in [-0.15, -0.1) is 0 Å². The van der Waals surface area contributed by atoms with Crippen LogP contribution in [0.15, 0.2) is 85.1 Å². The molecule has 12 heteroatoms. The first-order valence-corrected chi connectivity index (χ1v) is 22.1. The van der Waals surface area contributed by atoms with Crippen LogP contribution in [0.4, 0.5) is 0 Å². The van der Waals surface area contributed by atoms with Crippen molar-refractivity contribution < 1.29 is 47.5 Å². The summed E-state index contributed by atoms with van der Waals surface area (Å²) in [5.74, 6) is -2.51. The molecule has 0 spiro atoms. The molecule has 0 fully saturated rings. The van der Waals surface area contributed by atoms with Crippen LogP contribution in [0.1, 0.15) is 142 Å². The minimum Gasteiger partial charge on any atom is -0.480 e. The first kappa shape index (κ1) is 52.7. The van der Waals surface area contributed by atoms with Gasteiger partial charge >= 0.3 is 25.7 Å². The Balaban J connectivity index is 4.57. The molecule has 0 bridgehead atoms. The molecule has 11 nitrogen and oxygen atoms in total. The van der Waals surface area contributed by atoms with E-state index >= 15 is 0 Å². The third kappa shape index (κ3) is 37.6. The van der Waals surface area contributed by atoms with Crippen molar-refractivity contribution in [2.24, 2.45) is 5.73 Å². The van der Waals surface area contributed by atoms with E-state index in [0.29, 0.717) is 19.3 Å². The molecular weight excluding hydrogens is 733 g/mol. The fourth-order valence-electron chi connectivity index (χ4n) is 4.89. The topological polar surface area (TPSA) is 172 Å². The number of unbranched alkanes of at least 4 members (excludes halogenated alkanes) is 9. The van der Waals surface area contributed by atoms with Gasteiger partial charge in [-0.25, -0.2) is 4.57 Å². The highest BCUT2D eigenvalue weighted by molar-refractivity contribution is 7.47. The summed E-state index contributed by atoms with van der Waals surface area (Å²) in [6.45, 7) is 2.56. The van der Waals surface area contributed by atoms with E-state index < -0.39 is 51.1 Å². The third-order valence-corrected chi connectivity index (χ3v) is 9.08. The fourth-order valence-corrected chi connectivity index (χ4v) is 5.67. The molecule has 0 aliphatic carbocycles. The zero-order valence-corrected chi connectivity index (χ0v) is 35.1. The number of nitrogens with two attached hydrogens (primary N) is 1. The van der Waals surface area contributed by atoms with E-state index in [4.69, 9.17) is 24.8 Å². The Morgan fingerprint density at radius 3 is 1.55 bits per heavy atom. The van der Waals surface area contributed by atoms with Crippen molar-refractivity contribution in [1.29, 1.82) is 0 Å². The van der Waals surface area contributed by atoms with Gasteiger partial charge in [-0.3, -0.25) is 23.4 Å². The highest BCUT2D eigenvalue weighted by Gasteiger charge is 2.28. The largest absolute Gasteiger partial charge is 0.480 e. The molecule has 318 valence electrons. The molecule has 0 radical (unpaired) electrons. The number of allylic oxidation sites excluding steroid dienone is 14. The molecule has 0 saturated carbocycles. The summed E-state index contributed by atoms with van der Waals surface area (Å²) in [4.78, 5) is 45.8. The highest BCUT2D eigenvalue weighted by Crippen LogP contribution is 2.43. The van der Waals surface area contributed by atoms with Crippen LogP contribution in [-0.2, 0) is 37.5 Å².